The molecule has 0 fully saturated rings. The summed E-state index contributed by atoms with van der Waals surface area (Å²) in [5.41, 5.74) is 0.251. The first-order valence-corrected chi connectivity index (χ1v) is 9.47. The van der Waals surface area contributed by atoms with Crippen molar-refractivity contribution in [1.82, 2.24) is 4.72 Å². The fourth-order valence-electron chi connectivity index (χ4n) is 1.84. The fourth-order valence-corrected chi connectivity index (χ4v) is 3.52. The Morgan fingerprint density at radius 3 is 2.62 bits per heavy atom. The van der Waals surface area contributed by atoms with Crippen molar-refractivity contribution < 1.29 is 18.3 Å². The molecule has 6 nitrogen and oxygen atoms in total. The molecule has 2 aromatic carbocycles. The highest BCUT2D eigenvalue weighted by Crippen LogP contribution is 2.26. The Morgan fingerprint density at radius 2 is 1.96 bits per heavy atom. The first-order valence-electron chi connectivity index (χ1n) is 6.81. The Morgan fingerprint density at radius 1 is 1.21 bits per heavy atom. The van der Waals surface area contributed by atoms with Gasteiger partial charge in [-0.05, 0) is 36.4 Å². The van der Waals surface area contributed by atoms with Gasteiger partial charge in [0.1, 0.15) is 5.75 Å². The summed E-state index contributed by atoms with van der Waals surface area (Å²) in [5, 5.41) is 12.5. The molecule has 0 spiro atoms. The Hall–Kier alpha value is -1.61. The largest absolute Gasteiger partial charge is 0.506 e. The van der Waals surface area contributed by atoms with E-state index < -0.39 is 15.9 Å². The first-order chi connectivity index (χ1) is 11.3. The van der Waals surface area contributed by atoms with Gasteiger partial charge in [0, 0.05) is 22.5 Å². The van der Waals surface area contributed by atoms with Crippen molar-refractivity contribution in [2.45, 2.75) is 11.3 Å². The number of carbonyl (C=O) groups excluding carboxylic acids is 1. The van der Waals surface area contributed by atoms with Gasteiger partial charge in [-0.2, -0.15) is 0 Å². The van der Waals surface area contributed by atoms with Crippen LogP contribution in [0.4, 0.5) is 5.69 Å². The third-order valence-corrected chi connectivity index (χ3v) is 5.17. The number of carbonyl (C=O) groups is 1. The number of hydrogen-bond donors (Lipinski definition) is 3. The highest BCUT2D eigenvalue weighted by molar-refractivity contribution is 9.10. The monoisotopic (exact) mass is 432 g/mol. The number of halogens is 2. The highest BCUT2D eigenvalue weighted by Gasteiger charge is 2.15. The van der Waals surface area contributed by atoms with Crippen molar-refractivity contribution in [3.8, 4) is 5.75 Å². The van der Waals surface area contributed by atoms with Crippen molar-refractivity contribution in [2.75, 3.05) is 11.9 Å². The van der Waals surface area contributed by atoms with Crippen molar-refractivity contribution in [3.63, 3.8) is 0 Å². The van der Waals surface area contributed by atoms with Gasteiger partial charge in [-0.15, -0.1) is 0 Å². The van der Waals surface area contributed by atoms with E-state index in [9.17, 15) is 18.3 Å². The smallest absolute Gasteiger partial charge is 0.240 e. The number of amides is 1. The van der Waals surface area contributed by atoms with Crippen LogP contribution in [0, 0.1) is 0 Å². The van der Waals surface area contributed by atoms with Crippen LogP contribution in [0.3, 0.4) is 0 Å². The van der Waals surface area contributed by atoms with Crippen LogP contribution in [-0.4, -0.2) is 26.0 Å². The maximum atomic E-state index is 12.1. The molecule has 1 amide bonds. The number of rotatable bonds is 6. The van der Waals surface area contributed by atoms with Gasteiger partial charge in [0.25, 0.3) is 0 Å². The summed E-state index contributed by atoms with van der Waals surface area (Å²) in [4.78, 5) is 11.9. The quantitative estimate of drug-likeness (QED) is 0.610. The SMILES string of the molecule is O=C(CCNS(=O)(=O)c1cccc(Cl)c1)Nc1ccc(Br)cc1O. The first kappa shape index (κ1) is 18.7. The number of anilines is 1. The van der Waals surface area contributed by atoms with Crippen molar-refractivity contribution in [2.24, 2.45) is 0 Å². The van der Waals surface area contributed by atoms with E-state index in [0.29, 0.717) is 9.50 Å². The second kappa shape index (κ2) is 7.98. The summed E-state index contributed by atoms with van der Waals surface area (Å²) in [6, 6.07) is 10.5. The van der Waals surface area contributed by atoms with Gasteiger partial charge in [-0.25, -0.2) is 13.1 Å². The minimum atomic E-state index is -3.74. The zero-order valence-corrected chi connectivity index (χ0v) is 15.5. The molecule has 0 aliphatic rings. The van der Waals surface area contributed by atoms with Crippen LogP contribution in [0.25, 0.3) is 0 Å². The molecule has 0 saturated carbocycles. The highest BCUT2D eigenvalue weighted by atomic mass is 79.9. The van der Waals surface area contributed by atoms with Gasteiger partial charge in [0.05, 0.1) is 10.6 Å². The number of phenolic OH excluding ortho intramolecular Hbond substituents is 1. The summed E-state index contributed by atoms with van der Waals surface area (Å²) in [7, 11) is -3.74. The molecule has 128 valence electrons. The molecular formula is C15H14BrClN2O4S. The molecule has 0 radical (unpaired) electrons. The molecule has 2 rings (SSSR count). The normalized spacial score (nSPS) is 11.2. The molecule has 0 heterocycles. The number of aromatic hydroxyl groups is 1. The molecular weight excluding hydrogens is 420 g/mol. The molecule has 24 heavy (non-hydrogen) atoms. The van der Waals surface area contributed by atoms with E-state index in [1.165, 1.54) is 30.3 Å². The lowest BCUT2D eigenvalue weighted by atomic mass is 10.3. The number of benzene rings is 2. The Bertz CT molecular complexity index is 858. The van der Waals surface area contributed by atoms with Crippen LogP contribution in [0.1, 0.15) is 6.42 Å². The molecule has 0 aliphatic carbocycles. The number of nitrogens with one attached hydrogen (secondary N) is 2. The van der Waals surface area contributed by atoms with E-state index in [-0.39, 0.29) is 29.3 Å². The van der Waals surface area contributed by atoms with Crippen LogP contribution in [0.15, 0.2) is 51.8 Å². The zero-order valence-electron chi connectivity index (χ0n) is 12.3. The van der Waals surface area contributed by atoms with Crippen LogP contribution in [-0.2, 0) is 14.8 Å². The fraction of sp³-hybridized carbons (Fsp3) is 0.133. The molecule has 0 atom stereocenters. The van der Waals surface area contributed by atoms with E-state index in [1.807, 2.05) is 0 Å². The van der Waals surface area contributed by atoms with Crippen molar-refractivity contribution in [3.05, 3.63) is 52.0 Å². The maximum Gasteiger partial charge on any atom is 0.240 e. The summed E-state index contributed by atoms with van der Waals surface area (Å²) in [6.45, 7) is -0.0853. The average Bonchev–Trinajstić information content (AvgIpc) is 2.50. The van der Waals surface area contributed by atoms with E-state index in [0.717, 1.165) is 0 Å². The van der Waals surface area contributed by atoms with Crippen LogP contribution in [0.2, 0.25) is 5.02 Å². The summed E-state index contributed by atoms with van der Waals surface area (Å²) < 4.78 is 27.1. The minimum absolute atomic E-state index is 0.0287. The lowest BCUT2D eigenvalue weighted by Gasteiger charge is -2.09. The topological polar surface area (TPSA) is 95.5 Å². The number of phenols is 1. The molecule has 9 heteroatoms. The molecule has 0 aliphatic heterocycles. The minimum Gasteiger partial charge on any atom is -0.506 e. The summed E-state index contributed by atoms with van der Waals surface area (Å²) in [6.07, 6.45) is -0.0880. The lowest BCUT2D eigenvalue weighted by molar-refractivity contribution is -0.116. The maximum absolute atomic E-state index is 12.1. The summed E-state index contributed by atoms with van der Waals surface area (Å²) >= 11 is 8.96. The molecule has 0 unspecified atom stereocenters. The standard InChI is InChI=1S/C15H14BrClN2O4S/c16-10-4-5-13(14(20)8-10)19-15(21)6-7-18-24(22,23)12-3-1-2-11(17)9-12/h1-5,8-9,18,20H,6-7H2,(H,19,21). The van der Waals surface area contributed by atoms with Crippen molar-refractivity contribution >= 4 is 49.1 Å². The molecule has 0 saturated heterocycles. The Balaban J connectivity index is 1.90. The van der Waals surface area contributed by atoms with Crippen LogP contribution < -0.4 is 10.0 Å². The van der Waals surface area contributed by atoms with Gasteiger partial charge < -0.3 is 10.4 Å². The molecule has 0 aromatic heterocycles. The second-order valence-electron chi connectivity index (χ2n) is 4.81. The van der Waals surface area contributed by atoms with Gasteiger partial charge in [0.2, 0.25) is 15.9 Å². The predicted octanol–water partition coefficient (Wildman–Crippen LogP) is 3.12. The summed E-state index contributed by atoms with van der Waals surface area (Å²) in [5.74, 6) is -0.515. The molecule has 0 bridgehead atoms. The Labute approximate surface area is 153 Å². The van der Waals surface area contributed by atoms with Gasteiger partial charge in [-0.3, -0.25) is 4.79 Å². The Kier molecular flexibility index (Phi) is 6.22. The third-order valence-electron chi connectivity index (χ3n) is 2.98. The average molecular weight is 434 g/mol. The van der Waals surface area contributed by atoms with Crippen LogP contribution >= 0.6 is 27.5 Å². The van der Waals surface area contributed by atoms with Crippen LogP contribution in [0.5, 0.6) is 5.75 Å². The molecule has 2 aromatic rings. The number of hydrogen-bond acceptors (Lipinski definition) is 4. The van der Waals surface area contributed by atoms with Gasteiger partial charge >= 0.3 is 0 Å². The molecule has 3 N–H and O–H groups in total. The zero-order chi connectivity index (χ0) is 17.7. The van der Waals surface area contributed by atoms with E-state index in [1.54, 1.807) is 12.1 Å². The third kappa shape index (κ3) is 5.20. The van der Waals surface area contributed by atoms with Gasteiger partial charge in [0.15, 0.2) is 0 Å². The number of sulfonamides is 1. The van der Waals surface area contributed by atoms with Gasteiger partial charge in [-0.1, -0.05) is 33.6 Å². The predicted molar refractivity (Wildman–Crippen MR) is 95.7 cm³/mol. The van der Waals surface area contributed by atoms with E-state index in [4.69, 9.17) is 11.6 Å². The van der Waals surface area contributed by atoms with Crippen molar-refractivity contribution in [1.29, 1.82) is 0 Å². The van der Waals surface area contributed by atoms with E-state index >= 15 is 0 Å². The van der Waals surface area contributed by atoms with E-state index in [2.05, 4.69) is 26.0 Å². The lowest BCUT2D eigenvalue weighted by Crippen LogP contribution is -2.27. The second-order valence-corrected chi connectivity index (χ2v) is 7.93.